The number of carbonyl (C=O) groups excluding carboxylic acids is 1. The first-order valence-electron chi connectivity index (χ1n) is 8.28. The van der Waals surface area contributed by atoms with E-state index in [0.29, 0.717) is 30.3 Å². The molecule has 0 aromatic carbocycles. The number of aryl methyl sites for hydroxylation is 1. The molecule has 2 heterocycles. The third-order valence-corrected chi connectivity index (χ3v) is 6.08. The van der Waals surface area contributed by atoms with Gasteiger partial charge in [0.15, 0.2) is 9.84 Å². The van der Waals surface area contributed by atoms with Crippen LogP contribution in [-0.4, -0.2) is 67.4 Å². The van der Waals surface area contributed by atoms with E-state index in [1.807, 2.05) is 6.92 Å². The summed E-state index contributed by atoms with van der Waals surface area (Å²) in [5.41, 5.74) is 1.05. The summed E-state index contributed by atoms with van der Waals surface area (Å²) in [5.74, 6) is 0.576. The Labute approximate surface area is 144 Å². The van der Waals surface area contributed by atoms with Crippen LogP contribution < -0.4 is 4.90 Å². The van der Waals surface area contributed by atoms with Crippen molar-refractivity contribution >= 4 is 21.7 Å². The van der Waals surface area contributed by atoms with Crippen LogP contribution in [0.4, 0.5) is 5.95 Å². The predicted octanol–water partition coefficient (Wildman–Crippen LogP) is 1.28. The van der Waals surface area contributed by atoms with E-state index in [1.54, 1.807) is 30.0 Å². The van der Waals surface area contributed by atoms with Crippen molar-refractivity contribution in [2.75, 3.05) is 37.0 Å². The summed E-state index contributed by atoms with van der Waals surface area (Å²) in [7, 11) is 0.572. The van der Waals surface area contributed by atoms with Gasteiger partial charge in [-0.15, -0.1) is 0 Å². The highest BCUT2D eigenvalue weighted by Gasteiger charge is 2.32. The summed E-state index contributed by atoms with van der Waals surface area (Å²) < 4.78 is 23.4. The molecule has 1 fully saturated rings. The van der Waals surface area contributed by atoms with Crippen molar-refractivity contribution in [3.63, 3.8) is 0 Å². The number of hydrogen-bond acceptors (Lipinski definition) is 6. The van der Waals surface area contributed by atoms with E-state index in [0.717, 1.165) is 12.8 Å². The SMILES string of the molecule is CCCCN(C)C(=O)c1cc(C)nc(N(C)C2CCS(=O)(=O)C2)n1. The first kappa shape index (κ1) is 18.6. The topological polar surface area (TPSA) is 83.5 Å². The molecule has 1 amide bonds. The van der Waals surface area contributed by atoms with Crippen LogP contribution in [0.5, 0.6) is 0 Å². The Balaban J connectivity index is 2.20. The summed E-state index contributed by atoms with van der Waals surface area (Å²) in [6.45, 7) is 4.58. The Morgan fingerprint density at radius 3 is 2.62 bits per heavy atom. The first-order chi connectivity index (χ1) is 11.2. The van der Waals surface area contributed by atoms with Crippen molar-refractivity contribution in [3.8, 4) is 0 Å². The summed E-state index contributed by atoms with van der Waals surface area (Å²) in [4.78, 5) is 24.7. The zero-order valence-electron chi connectivity index (χ0n) is 14.8. The van der Waals surface area contributed by atoms with Crippen molar-refractivity contribution in [1.82, 2.24) is 14.9 Å². The number of anilines is 1. The van der Waals surface area contributed by atoms with Crippen molar-refractivity contribution < 1.29 is 13.2 Å². The van der Waals surface area contributed by atoms with E-state index in [9.17, 15) is 13.2 Å². The van der Waals surface area contributed by atoms with Gasteiger partial charge in [-0.25, -0.2) is 18.4 Å². The van der Waals surface area contributed by atoms with Gasteiger partial charge in [-0.2, -0.15) is 0 Å². The lowest BCUT2D eigenvalue weighted by Crippen LogP contribution is -2.35. The normalized spacial score (nSPS) is 19.2. The number of unbranched alkanes of at least 4 members (excludes halogenated alkanes) is 1. The van der Waals surface area contributed by atoms with Gasteiger partial charge in [0, 0.05) is 32.4 Å². The molecule has 0 N–H and O–H groups in total. The zero-order chi connectivity index (χ0) is 17.9. The van der Waals surface area contributed by atoms with E-state index in [-0.39, 0.29) is 23.5 Å². The second-order valence-electron chi connectivity index (χ2n) is 6.44. The summed E-state index contributed by atoms with van der Waals surface area (Å²) in [6, 6.07) is 1.53. The average Bonchev–Trinajstić information content (AvgIpc) is 2.90. The number of rotatable bonds is 6. The Bertz CT molecular complexity index is 705. The van der Waals surface area contributed by atoms with E-state index in [1.165, 1.54) is 0 Å². The molecule has 1 aliphatic rings. The highest BCUT2D eigenvalue weighted by Crippen LogP contribution is 2.21. The highest BCUT2D eigenvalue weighted by molar-refractivity contribution is 7.91. The third kappa shape index (κ3) is 4.43. The van der Waals surface area contributed by atoms with Crippen molar-refractivity contribution in [2.45, 2.75) is 39.2 Å². The lowest BCUT2D eigenvalue weighted by Gasteiger charge is -2.24. The van der Waals surface area contributed by atoms with Gasteiger partial charge < -0.3 is 9.80 Å². The van der Waals surface area contributed by atoms with Crippen molar-refractivity contribution in [3.05, 3.63) is 17.5 Å². The minimum Gasteiger partial charge on any atom is -0.340 e. The Morgan fingerprint density at radius 1 is 1.33 bits per heavy atom. The molecule has 1 aromatic rings. The number of aromatic nitrogens is 2. The molecule has 134 valence electrons. The van der Waals surface area contributed by atoms with Crippen molar-refractivity contribution in [2.24, 2.45) is 0 Å². The molecule has 1 aromatic heterocycles. The third-order valence-electron chi connectivity index (χ3n) is 4.33. The quantitative estimate of drug-likeness (QED) is 0.765. The molecule has 8 heteroatoms. The van der Waals surface area contributed by atoms with Crippen LogP contribution >= 0.6 is 0 Å². The molecule has 1 aliphatic heterocycles. The van der Waals surface area contributed by atoms with Gasteiger partial charge >= 0.3 is 0 Å². The smallest absolute Gasteiger partial charge is 0.272 e. The lowest BCUT2D eigenvalue weighted by molar-refractivity contribution is 0.0787. The molecule has 7 nitrogen and oxygen atoms in total. The Hall–Kier alpha value is -1.70. The molecule has 1 unspecified atom stereocenters. The number of nitrogens with zero attached hydrogens (tertiary/aromatic N) is 4. The van der Waals surface area contributed by atoms with Crippen LogP contribution in [0.1, 0.15) is 42.4 Å². The molecule has 0 spiro atoms. The molecule has 0 saturated carbocycles. The fourth-order valence-electron chi connectivity index (χ4n) is 2.76. The van der Waals surface area contributed by atoms with E-state index < -0.39 is 9.84 Å². The molecule has 1 saturated heterocycles. The van der Waals surface area contributed by atoms with Crippen LogP contribution in [0.2, 0.25) is 0 Å². The van der Waals surface area contributed by atoms with Crippen LogP contribution in [0.15, 0.2) is 6.07 Å². The van der Waals surface area contributed by atoms with Gasteiger partial charge in [-0.1, -0.05) is 13.3 Å². The second-order valence-corrected chi connectivity index (χ2v) is 8.67. The maximum atomic E-state index is 12.5. The van der Waals surface area contributed by atoms with Gasteiger partial charge in [0.25, 0.3) is 5.91 Å². The monoisotopic (exact) mass is 354 g/mol. The summed E-state index contributed by atoms with van der Waals surface area (Å²) in [6.07, 6.45) is 2.53. The van der Waals surface area contributed by atoms with E-state index >= 15 is 0 Å². The highest BCUT2D eigenvalue weighted by atomic mass is 32.2. The summed E-state index contributed by atoms with van der Waals surface area (Å²) in [5, 5.41) is 0. The molecule has 1 atom stereocenters. The molecule has 2 rings (SSSR count). The molecule has 0 bridgehead atoms. The number of hydrogen-bond donors (Lipinski definition) is 0. The molecule has 0 aliphatic carbocycles. The number of carbonyl (C=O) groups is 1. The van der Waals surface area contributed by atoms with Crippen LogP contribution in [-0.2, 0) is 9.84 Å². The van der Waals surface area contributed by atoms with Gasteiger partial charge in [-0.05, 0) is 25.8 Å². The fourth-order valence-corrected chi connectivity index (χ4v) is 4.53. The summed E-state index contributed by atoms with van der Waals surface area (Å²) >= 11 is 0. The van der Waals surface area contributed by atoms with Crippen LogP contribution in [0.3, 0.4) is 0 Å². The number of amides is 1. The van der Waals surface area contributed by atoms with Gasteiger partial charge in [0.05, 0.1) is 11.5 Å². The Kier molecular flexibility index (Phi) is 5.79. The van der Waals surface area contributed by atoms with E-state index in [2.05, 4.69) is 16.9 Å². The molecular weight excluding hydrogens is 328 g/mol. The van der Waals surface area contributed by atoms with Gasteiger partial charge in [0.2, 0.25) is 5.95 Å². The fraction of sp³-hybridized carbons (Fsp3) is 0.688. The maximum absolute atomic E-state index is 12.5. The molecule has 24 heavy (non-hydrogen) atoms. The maximum Gasteiger partial charge on any atom is 0.272 e. The van der Waals surface area contributed by atoms with E-state index in [4.69, 9.17) is 0 Å². The second kappa shape index (κ2) is 7.46. The minimum atomic E-state index is -2.98. The minimum absolute atomic E-state index is 0.112. The molecular formula is C16H26N4O3S. The van der Waals surface area contributed by atoms with Gasteiger partial charge in [-0.3, -0.25) is 4.79 Å². The van der Waals surface area contributed by atoms with Crippen LogP contribution in [0.25, 0.3) is 0 Å². The van der Waals surface area contributed by atoms with Crippen molar-refractivity contribution in [1.29, 1.82) is 0 Å². The first-order valence-corrected chi connectivity index (χ1v) is 10.1. The molecule has 0 radical (unpaired) electrons. The predicted molar refractivity (Wildman–Crippen MR) is 94.1 cm³/mol. The lowest BCUT2D eigenvalue weighted by atomic mass is 10.2. The average molecular weight is 354 g/mol. The number of sulfone groups is 1. The largest absolute Gasteiger partial charge is 0.340 e. The Morgan fingerprint density at radius 2 is 2.04 bits per heavy atom. The zero-order valence-corrected chi connectivity index (χ0v) is 15.6. The van der Waals surface area contributed by atoms with Crippen LogP contribution in [0, 0.1) is 6.92 Å². The standard InChI is InChI=1S/C16H26N4O3S/c1-5-6-8-19(3)15(21)14-10-12(2)17-16(18-14)20(4)13-7-9-24(22,23)11-13/h10,13H,5-9,11H2,1-4H3. The van der Waals surface area contributed by atoms with Gasteiger partial charge in [0.1, 0.15) is 5.69 Å².